The third-order valence-corrected chi connectivity index (χ3v) is 15.7. The second kappa shape index (κ2) is 18.5. The van der Waals surface area contributed by atoms with E-state index in [0.717, 1.165) is 77.9 Å². The van der Waals surface area contributed by atoms with Crippen molar-refractivity contribution in [2.75, 3.05) is 56.5 Å². The Kier molecular flexibility index (Phi) is 12.4. The quantitative estimate of drug-likeness (QED) is 0.0919. The number of rotatable bonds is 14. The van der Waals surface area contributed by atoms with Crippen molar-refractivity contribution >= 4 is 62.0 Å². The smallest absolute Gasteiger partial charge is 0.301 e. The standard InChI is InChI=1S/C49H49F3N8O9S/c1-57(31-18-32(19-31)69-33-20-35-42(40(21-33)68-2)49(65)60(48(35)64)39-9-10-41(61)55-47(39)63)24-26-11-14-58(15-12-26)30-5-3-27(4-6-30)28-17-34-36(23-54-46(34)53-22-28)45(62)43-37(51)7-8-38(44(43)52)56-70(66,67)59-16-13-29(50)25-59/h3-8,17,20-23,26,29,31-32,39,56H,9-16,18-19,24-25H2,1-2H3,(H,53,54)(H,55,61,63)/t29-,31?,32?,39?/m1/s1. The Morgan fingerprint density at radius 1 is 0.943 bits per heavy atom. The molecule has 2 aromatic heterocycles. The lowest BCUT2D eigenvalue weighted by molar-refractivity contribution is -0.136. The molecular weight excluding hydrogens is 934 g/mol. The Hall–Kier alpha value is -6.84. The van der Waals surface area contributed by atoms with Crippen LogP contribution in [0.5, 0.6) is 11.5 Å². The Morgan fingerprint density at radius 3 is 2.40 bits per heavy atom. The zero-order valence-electron chi connectivity index (χ0n) is 38.2. The molecule has 1 aliphatic carbocycles. The molecule has 1 saturated carbocycles. The number of nitrogens with zero attached hydrogens (tertiary/aromatic N) is 5. The van der Waals surface area contributed by atoms with E-state index in [2.05, 4.69) is 32.1 Å². The second-order valence-corrected chi connectivity index (χ2v) is 20.2. The molecule has 4 aliphatic heterocycles. The van der Waals surface area contributed by atoms with Gasteiger partial charge in [0.25, 0.3) is 11.8 Å². The first-order valence-corrected chi connectivity index (χ1v) is 24.6. The van der Waals surface area contributed by atoms with E-state index in [4.69, 9.17) is 9.47 Å². The van der Waals surface area contributed by atoms with Crippen LogP contribution in [-0.2, 0) is 19.8 Å². The van der Waals surface area contributed by atoms with Crippen molar-refractivity contribution in [2.24, 2.45) is 5.92 Å². The average molecular weight is 983 g/mol. The fraction of sp³-hybridized carbons (Fsp3) is 0.388. The minimum atomic E-state index is -4.37. The third-order valence-electron chi connectivity index (χ3n) is 14.2. The summed E-state index contributed by atoms with van der Waals surface area (Å²) in [5.41, 5.74) is 1.35. The minimum Gasteiger partial charge on any atom is -0.496 e. The van der Waals surface area contributed by atoms with Crippen molar-refractivity contribution < 1.29 is 55.0 Å². The van der Waals surface area contributed by atoms with E-state index in [0.29, 0.717) is 34.3 Å². The van der Waals surface area contributed by atoms with Gasteiger partial charge in [0.1, 0.15) is 41.3 Å². The number of hydrogen-bond donors (Lipinski definition) is 3. The van der Waals surface area contributed by atoms with Gasteiger partial charge in [0.2, 0.25) is 17.6 Å². The van der Waals surface area contributed by atoms with E-state index in [9.17, 15) is 36.8 Å². The number of aromatic nitrogens is 2. The molecule has 0 spiro atoms. The van der Waals surface area contributed by atoms with E-state index in [1.54, 1.807) is 18.3 Å². The summed E-state index contributed by atoms with van der Waals surface area (Å²) < 4.78 is 84.9. The number of carbonyl (C=O) groups is 5. The molecule has 1 unspecified atom stereocenters. The number of methoxy groups -OCH3 is 1. The molecule has 6 heterocycles. The molecule has 10 rings (SSSR count). The monoisotopic (exact) mass is 982 g/mol. The van der Waals surface area contributed by atoms with Gasteiger partial charge >= 0.3 is 10.2 Å². The highest BCUT2D eigenvalue weighted by atomic mass is 32.2. The molecule has 5 aliphatic rings. The third kappa shape index (κ3) is 8.74. The average Bonchev–Trinajstić information content (AvgIpc) is 4.04. The maximum Gasteiger partial charge on any atom is 0.301 e. The fourth-order valence-corrected chi connectivity index (χ4v) is 11.4. The number of carbonyl (C=O) groups excluding carboxylic acids is 5. The van der Waals surface area contributed by atoms with E-state index in [1.807, 2.05) is 29.0 Å². The van der Waals surface area contributed by atoms with Crippen LogP contribution in [0.2, 0.25) is 0 Å². The predicted molar refractivity (Wildman–Crippen MR) is 250 cm³/mol. The fourth-order valence-electron chi connectivity index (χ4n) is 10.2. The first kappa shape index (κ1) is 46.9. The zero-order valence-corrected chi connectivity index (χ0v) is 39.0. The largest absolute Gasteiger partial charge is 0.496 e. The van der Waals surface area contributed by atoms with Crippen LogP contribution in [0.4, 0.5) is 24.5 Å². The van der Waals surface area contributed by atoms with Crippen molar-refractivity contribution in [3.8, 4) is 22.6 Å². The van der Waals surface area contributed by atoms with Crippen molar-refractivity contribution in [3.05, 3.63) is 101 Å². The van der Waals surface area contributed by atoms with Crippen molar-refractivity contribution in [2.45, 2.75) is 69.3 Å². The van der Waals surface area contributed by atoms with Crippen molar-refractivity contribution in [1.29, 1.82) is 0 Å². The topological polar surface area (TPSA) is 204 Å². The van der Waals surface area contributed by atoms with Gasteiger partial charge in [-0.1, -0.05) is 12.1 Å². The van der Waals surface area contributed by atoms with Crippen LogP contribution >= 0.6 is 0 Å². The first-order chi connectivity index (χ1) is 33.6. The Morgan fingerprint density at radius 2 is 1.70 bits per heavy atom. The predicted octanol–water partition coefficient (Wildman–Crippen LogP) is 5.61. The van der Waals surface area contributed by atoms with E-state index >= 15 is 8.78 Å². The Labute approximate surface area is 400 Å². The number of piperidine rings is 2. The molecule has 21 heteroatoms. The highest BCUT2D eigenvalue weighted by Crippen LogP contribution is 2.40. The van der Waals surface area contributed by atoms with Gasteiger partial charge in [-0.15, -0.1) is 0 Å². The molecule has 4 amide bonds. The molecule has 17 nitrogen and oxygen atoms in total. The van der Waals surface area contributed by atoms with Crippen LogP contribution in [0.25, 0.3) is 22.2 Å². The summed E-state index contributed by atoms with van der Waals surface area (Å²) in [5.74, 6) is -4.93. The molecule has 5 aromatic rings. The normalized spacial score (nSPS) is 22.1. The number of benzene rings is 3. The molecule has 2 atom stereocenters. The van der Waals surface area contributed by atoms with E-state index in [1.165, 1.54) is 19.4 Å². The van der Waals surface area contributed by atoms with Crippen molar-refractivity contribution in [1.82, 2.24) is 29.4 Å². The minimum absolute atomic E-state index is 0.00531. The summed E-state index contributed by atoms with van der Waals surface area (Å²) in [6, 6.07) is 13.7. The van der Waals surface area contributed by atoms with Gasteiger partial charge in [0.05, 0.1) is 29.5 Å². The molecule has 3 N–H and O–H groups in total. The van der Waals surface area contributed by atoms with Gasteiger partial charge in [-0.25, -0.2) is 18.2 Å². The van der Waals surface area contributed by atoms with Crippen LogP contribution in [0.1, 0.15) is 81.6 Å². The molecular formula is C49H49F3N8O9S. The lowest BCUT2D eigenvalue weighted by Gasteiger charge is -2.43. The van der Waals surface area contributed by atoms with Crippen LogP contribution in [0.3, 0.4) is 0 Å². The number of H-pyrrole nitrogens is 1. The second-order valence-electron chi connectivity index (χ2n) is 18.6. The number of ether oxygens (including phenoxy) is 2. The molecule has 4 fully saturated rings. The maximum absolute atomic E-state index is 15.8. The number of aromatic amines is 1. The van der Waals surface area contributed by atoms with Crippen LogP contribution in [0.15, 0.2) is 67.0 Å². The highest BCUT2D eigenvalue weighted by molar-refractivity contribution is 7.90. The number of fused-ring (bicyclic) bond motifs is 2. The maximum atomic E-state index is 15.8. The number of alkyl halides is 1. The van der Waals surface area contributed by atoms with Crippen LogP contribution in [0, 0.1) is 17.6 Å². The van der Waals surface area contributed by atoms with Crippen molar-refractivity contribution in [3.63, 3.8) is 0 Å². The lowest BCUT2D eigenvalue weighted by Crippen LogP contribution is -2.54. The van der Waals surface area contributed by atoms with E-state index in [-0.39, 0.29) is 54.4 Å². The Bertz CT molecular complexity index is 3070. The van der Waals surface area contributed by atoms with Gasteiger partial charge in [-0.05, 0) is 80.6 Å². The molecule has 3 saturated heterocycles. The molecule has 0 bridgehead atoms. The summed E-state index contributed by atoms with van der Waals surface area (Å²) in [4.78, 5) is 77.8. The van der Waals surface area contributed by atoms with Gasteiger partial charge in [-0.3, -0.25) is 38.9 Å². The summed E-state index contributed by atoms with van der Waals surface area (Å²) in [6.07, 6.45) is 5.09. The summed E-state index contributed by atoms with van der Waals surface area (Å²) in [7, 11) is -0.845. The van der Waals surface area contributed by atoms with E-state index < -0.39 is 81.3 Å². The molecule has 3 aromatic carbocycles. The number of anilines is 2. The number of nitrogens with one attached hydrogen (secondary N) is 3. The van der Waals surface area contributed by atoms with Gasteiger partial charge in [0.15, 0.2) is 5.82 Å². The van der Waals surface area contributed by atoms with Gasteiger partial charge < -0.3 is 24.3 Å². The molecule has 70 heavy (non-hydrogen) atoms. The Balaban J connectivity index is 0.724. The summed E-state index contributed by atoms with van der Waals surface area (Å²) >= 11 is 0. The van der Waals surface area contributed by atoms with Gasteiger partial charge in [-0.2, -0.15) is 12.7 Å². The molecule has 0 radical (unpaired) electrons. The number of amides is 4. The highest BCUT2D eigenvalue weighted by Gasteiger charge is 2.47. The number of ketones is 1. The van der Waals surface area contributed by atoms with Gasteiger partial charge in [0, 0.05) is 98.7 Å². The number of hydrogen-bond acceptors (Lipinski definition) is 12. The van der Waals surface area contributed by atoms with Crippen LogP contribution < -0.4 is 24.4 Å². The molecule has 366 valence electrons. The zero-order chi connectivity index (χ0) is 49.2. The lowest BCUT2D eigenvalue weighted by atomic mass is 9.86. The number of imide groups is 2. The summed E-state index contributed by atoms with van der Waals surface area (Å²) in [5, 5.41) is 2.52. The first-order valence-electron chi connectivity index (χ1n) is 23.1. The van der Waals surface area contributed by atoms with Crippen LogP contribution in [-0.4, -0.2) is 133 Å². The number of pyridine rings is 1. The number of halogens is 3. The summed E-state index contributed by atoms with van der Waals surface area (Å²) in [6.45, 7) is 2.16. The SMILES string of the molecule is COc1cc(OC2CC(N(C)CC3CCN(c4ccc(-c5cnc6[nH]cc(C(=O)c7c(F)ccc(NS(=O)(=O)N8CC[C@@H](F)C8)c7F)c6c5)cc4)CC3)C2)cc2c1C(=O)N(C1CCC(=O)NC1=O)C2=O.